The first-order valence-electron chi connectivity index (χ1n) is 8.36. The third-order valence-electron chi connectivity index (χ3n) is 3.56. The highest BCUT2D eigenvalue weighted by Gasteiger charge is 2.17. The quantitative estimate of drug-likeness (QED) is 0.714. The van der Waals surface area contributed by atoms with Gasteiger partial charge in [0.15, 0.2) is 0 Å². The van der Waals surface area contributed by atoms with Gasteiger partial charge in [-0.3, -0.25) is 4.79 Å². The summed E-state index contributed by atoms with van der Waals surface area (Å²) in [4.78, 5) is 12.2. The minimum atomic E-state index is -3.64. The van der Waals surface area contributed by atoms with Crippen LogP contribution in [0.1, 0.15) is 36.4 Å². The Morgan fingerprint density at radius 3 is 2.62 bits per heavy atom. The average Bonchev–Trinajstić information content (AvgIpc) is 2.92. The van der Waals surface area contributed by atoms with Crippen LogP contribution in [0, 0.1) is 19.8 Å². The highest BCUT2D eigenvalue weighted by atomic mass is 32.2. The molecule has 0 atom stereocenters. The maximum atomic E-state index is 12.3. The zero-order chi connectivity index (χ0) is 19.3. The van der Waals surface area contributed by atoms with Gasteiger partial charge in [-0.05, 0) is 31.4 Å². The summed E-state index contributed by atoms with van der Waals surface area (Å²) in [5, 5.41) is 11.9. The van der Waals surface area contributed by atoms with E-state index in [9.17, 15) is 13.2 Å². The Balaban J connectivity index is 1.86. The number of carbonyl (C=O) groups excluding carboxylic acids is 1. The predicted molar refractivity (Wildman–Crippen MR) is 103 cm³/mol. The first-order chi connectivity index (χ1) is 12.2. The highest BCUT2D eigenvalue weighted by molar-refractivity contribution is 7.89. The normalized spacial score (nSPS) is 11.7. The second-order valence-electron chi connectivity index (χ2n) is 6.56. The summed E-state index contributed by atoms with van der Waals surface area (Å²) in [7, 11) is -3.64. The number of amides is 1. The highest BCUT2D eigenvalue weighted by Crippen LogP contribution is 2.18. The minimum absolute atomic E-state index is 0.0130. The van der Waals surface area contributed by atoms with E-state index in [2.05, 4.69) is 34.1 Å². The van der Waals surface area contributed by atoms with Crippen LogP contribution in [0.3, 0.4) is 0 Å². The number of anilines is 1. The first kappa shape index (κ1) is 20.5. The minimum Gasteiger partial charge on any atom is -0.300 e. The Hall–Kier alpha value is -1.84. The summed E-state index contributed by atoms with van der Waals surface area (Å²) < 4.78 is 27.2. The Bertz CT molecular complexity index is 876. The molecule has 0 unspecified atom stereocenters. The molecule has 0 saturated carbocycles. The largest absolute Gasteiger partial charge is 0.300 e. The van der Waals surface area contributed by atoms with E-state index < -0.39 is 10.0 Å². The first-order valence-corrected chi connectivity index (χ1v) is 10.7. The Kier molecular flexibility index (Phi) is 6.85. The SMILES string of the molecule is Cc1ccc(S(=O)(=O)NCCC(=O)Nc2nnc(CC(C)C)s2)c(C)c1. The zero-order valence-corrected chi connectivity index (χ0v) is 17.0. The number of carbonyl (C=O) groups is 1. The fourth-order valence-electron chi connectivity index (χ4n) is 2.40. The van der Waals surface area contributed by atoms with Gasteiger partial charge in [0.1, 0.15) is 5.01 Å². The van der Waals surface area contributed by atoms with Crippen LogP contribution in [-0.2, 0) is 21.2 Å². The molecule has 2 N–H and O–H groups in total. The van der Waals surface area contributed by atoms with E-state index in [1.165, 1.54) is 11.3 Å². The van der Waals surface area contributed by atoms with E-state index in [4.69, 9.17) is 0 Å². The lowest BCUT2D eigenvalue weighted by Crippen LogP contribution is -2.28. The van der Waals surface area contributed by atoms with Crippen molar-refractivity contribution < 1.29 is 13.2 Å². The van der Waals surface area contributed by atoms with Crippen LogP contribution in [0.25, 0.3) is 0 Å². The summed E-state index contributed by atoms with van der Waals surface area (Å²) in [5.41, 5.74) is 1.67. The van der Waals surface area contributed by atoms with E-state index in [-0.39, 0.29) is 23.8 Å². The van der Waals surface area contributed by atoms with Crippen LogP contribution < -0.4 is 10.0 Å². The molecule has 0 radical (unpaired) electrons. The summed E-state index contributed by atoms with van der Waals surface area (Å²) in [6.45, 7) is 7.84. The number of nitrogens with zero attached hydrogens (tertiary/aromatic N) is 2. The van der Waals surface area contributed by atoms with E-state index in [0.717, 1.165) is 17.0 Å². The smallest absolute Gasteiger partial charge is 0.240 e. The van der Waals surface area contributed by atoms with Gasteiger partial charge in [0.25, 0.3) is 0 Å². The van der Waals surface area contributed by atoms with Crippen LogP contribution in [-0.4, -0.2) is 31.1 Å². The third-order valence-corrected chi connectivity index (χ3v) is 6.04. The number of rotatable bonds is 8. The van der Waals surface area contributed by atoms with Crippen molar-refractivity contribution in [3.05, 3.63) is 34.3 Å². The fourth-order valence-corrected chi connectivity index (χ4v) is 4.62. The predicted octanol–water partition coefficient (Wildman–Crippen LogP) is 2.66. The van der Waals surface area contributed by atoms with E-state index in [0.29, 0.717) is 16.6 Å². The number of benzene rings is 1. The molecule has 0 saturated heterocycles. The third kappa shape index (κ3) is 5.86. The summed E-state index contributed by atoms with van der Waals surface area (Å²) in [6.07, 6.45) is 0.826. The Morgan fingerprint density at radius 1 is 1.23 bits per heavy atom. The van der Waals surface area contributed by atoms with Crippen molar-refractivity contribution in [1.29, 1.82) is 0 Å². The van der Waals surface area contributed by atoms with Crippen LogP contribution in [0.2, 0.25) is 0 Å². The number of aryl methyl sites for hydroxylation is 2. The molecule has 2 rings (SSSR count). The van der Waals surface area contributed by atoms with Crippen LogP contribution in [0.4, 0.5) is 5.13 Å². The van der Waals surface area contributed by atoms with Crippen LogP contribution in [0.5, 0.6) is 0 Å². The molecular weight excluding hydrogens is 372 g/mol. The molecule has 7 nitrogen and oxygen atoms in total. The van der Waals surface area contributed by atoms with E-state index >= 15 is 0 Å². The molecule has 0 aliphatic carbocycles. The van der Waals surface area contributed by atoms with Gasteiger partial charge in [0.05, 0.1) is 4.90 Å². The molecule has 1 aromatic carbocycles. The van der Waals surface area contributed by atoms with Crippen molar-refractivity contribution >= 4 is 32.4 Å². The molecule has 9 heteroatoms. The second kappa shape index (κ2) is 8.70. The number of sulfonamides is 1. The molecular formula is C17H24N4O3S2. The topological polar surface area (TPSA) is 101 Å². The van der Waals surface area contributed by atoms with Crippen molar-refractivity contribution in [2.45, 2.75) is 45.4 Å². The molecule has 0 bridgehead atoms. The van der Waals surface area contributed by atoms with Gasteiger partial charge >= 0.3 is 0 Å². The van der Waals surface area contributed by atoms with Crippen molar-refractivity contribution in [3.63, 3.8) is 0 Å². The summed E-state index contributed by atoms with van der Waals surface area (Å²) in [5.74, 6) is 0.159. The number of hydrogen-bond acceptors (Lipinski definition) is 6. The van der Waals surface area contributed by atoms with E-state index in [1.54, 1.807) is 19.1 Å². The van der Waals surface area contributed by atoms with Crippen LogP contribution in [0.15, 0.2) is 23.1 Å². The van der Waals surface area contributed by atoms with Crippen molar-refractivity contribution in [1.82, 2.24) is 14.9 Å². The molecule has 0 spiro atoms. The molecule has 1 amide bonds. The maximum Gasteiger partial charge on any atom is 0.240 e. The fraction of sp³-hybridized carbons (Fsp3) is 0.471. The van der Waals surface area contributed by atoms with Gasteiger partial charge in [-0.2, -0.15) is 0 Å². The average molecular weight is 397 g/mol. The van der Waals surface area contributed by atoms with Gasteiger partial charge in [-0.1, -0.05) is 42.9 Å². The van der Waals surface area contributed by atoms with Gasteiger partial charge in [-0.15, -0.1) is 10.2 Å². The number of aromatic nitrogens is 2. The summed E-state index contributed by atoms with van der Waals surface area (Å²) >= 11 is 1.34. The van der Waals surface area contributed by atoms with Gasteiger partial charge in [-0.25, -0.2) is 13.1 Å². The molecule has 0 fully saturated rings. The molecule has 1 heterocycles. The van der Waals surface area contributed by atoms with Crippen LogP contribution >= 0.6 is 11.3 Å². The zero-order valence-electron chi connectivity index (χ0n) is 15.4. The van der Waals surface area contributed by atoms with Gasteiger partial charge in [0.2, 0.25) is 21.1 Å². The number of nitrogens with one attached hydrogen (secondary N) is 2. The van der Waals surface area contributed by atoms with Crippen molar-refractivity contribution in [2.75, 3.05) is 11.9 Å². The number of hydrogen-bond donors (Lipinski definition) is 2. The molecule has 2 aromatic rings. The van der Waals surface area contributed by atoms with Crippen molar-refractivity contribution in [2.24, 2.45) is 5.92 Å². The molecule has 142 valence electrons. The summed E-state index contributed by atoms with van der Waals surface area (Å²) in [6, 6.07) is 5.13. The standard InChI is InChI=1S/C17H24N4O3S2/c1-11(2)9-16-20-21-17(25-16)19-15(22)7-8-18-26(23,24)14-6-5-12(3)10-13(14)4/h5-6,10-11,18H,7-9H2,1-4H3,(H,19,21,22). The molecule has 0 aliphatic rings. The Morgan fingerprint density at radius 2 is 1.96 bits per heavy atom. The lowest BCUT2D eigenvalue weighted by molar-refractivity contribution is -0.116. The van der Waals surface area contributed by atoms with E-state index in [1.807, 2.05) is 13.0 Å². The molecule has 1 aromatic heterocycles. The Labute approximate surface area is 158 Å². The monoisotopic (exact) mass is 396 g/mol. The van der Waals surface area contributed by atoms with Crippen molar-refractivity contribution in [3.8, 4) is 0 Å². The lowest BCUT2D eigenvalue weighted by atomic mass is 10.1. The van der Waals surface area contributed by atoms with Gasteiger partial charge < -0.3 is 5.32 Å². The second-order valence-corrected chi connectivity index (χ2v) is 9.36. The van der Waals surface area contributed by atoms with Gasteiger partial charge in [0, 0.05) is 19.4 Å². The lowest BCUT2D eigenvalue weighted by Gasteiger charge is -2.09. The molecule has 0 aliphatic heterocycles. The molecule has 26 heavy (non-hydrogen) atoms. The maximum absolute atomic E-state index is 12.3.